The Bertz CT molecular complexity index is 599. The Morgan fingerprint density at radius 1 is 1.28 bits per heavy atom. The van der Waals surface area contributed by atoms with Crippen LogP contribution in [0.25, 0.3) is 10.3 Å². The number of hydrogen-bond donors (Lipinski definition) is 0. The first kappa shape index (κ1) is 13.6. The molecule has 98 valence electrons. The molecule has 3 rings (SSSR count). The molecule has 1 aliphatic rings. The molecule has 18 heavy (non-hydrogen) atoms. The Balaban J connectivity index is 0.00000120. The lowest BCUT2D eigenvalue weighted by atomic mass is 10.1. The van der Waals surface area contributed by atoms with Gasteiger partial charge in [0.05, 0.1) is 4.47 Å². The van der Waals surface area contributed by atoms with E-state index in [1.54, 1.807) is 6.07 Å². The Morgan fingerprint density at radius 3 is 2.72 bits per heavy atom. The average molecular weight is 330 g/mol. The van der Waals surface area contributed by atoms with Crippen LogP contribution in [0.2, 0.25) is 0 Å². The topological polar surface area (TPSA) is 33.5 Å². The minimum absolute atomic E-state index is 0. The normalized spacial score (nSPS) is 15.7. The van der Waals surface area contributed by atoms with Crippen molar-refractivity contribution in [2.24, 2.45) is 0 Å². The van der Waals surface area contributed by atoms with Gasteiger partial charge in [0.25, 0.3) is 0 Å². The van der Waals surface area contributed by atoms with Gasteiger partial charge in [0.1, 0.15) is 4.70 Å². The molecule has 2 aromatic rings. The quantitative estimate of drug-likeness (QED) is 0.784. The summed E-state index contributed by atoms with van der Waals surface area (Å²) in [5.74, 6) is 0.710. The fourth-order valence-electron chi connectivity index (χ4n) is 2.17. The van der Waals surface area contributed by atoms with E-state index in [1.807, 2.05) is 5.38 Å². The van der Waals surface area contributed by atoms with Crippen LogP contribution < -0.4 is 10.3 Å². The second-order valence-electron chi connectivity index (χ2n) is 4.24. The zero-order valence-corrected chi connectivity index (χ0v) is 11.6. The summed E-state index contributed by atoms with van der Waals surface area (Å²) in [6.07, 6.45) is 3.62. The van der Waals surface area contributed by atoms with Crippen molar-refractivity contribution in [2.45, 2.75) is 26.7 Å². The van der Waals surface area contributed by atoms with Crippen LogP contribution in [0.4, 0.5) is 5.88 Å². The second kappa shape index (κ2) is 5.45. The summed E-state index contributed by atoms with van der Waals surface area (Å²) in [5.41, 5.74) is 0.741. The zero-order valence-electron chi connectivity index (χ0n) is 9.24. The molecule has 0 aromatic carbocycles. The number of rotatable bonds is 1. The average Bonchev–Trinajstić information content (AvgIpc) is 2.73. The lowest BCUT2D eigenvalue weighted by Crippen LogP contribution is -2.29. The van der Waals surface area contributed by atoms with Gasteiger partial charge in [-0.2, -0.15) is 0 Å². The Labute approximate surface area is 119 Å². The highest BCUT2D eigenvalue weighted by molar-refractivity contribution is 9.10. The summed E-state index contributed by atoms with van der Waals surface area (Å²) in [5, 5.41) is 1.90. The third-order valence-corrected chi connectivity index (χ3v) is 4.92. The van der Waals surface area contributed by atoms with Crippen molar-refractivity contribution in [3.63, 3.8) is 0 Å². The van der Waals surface area contributed by atoms with Crippen LogP contribution in [-0.4, -0.2) is 13.1 Å². The van der Waals surface area contributed by atoms with Crippen LogP contribution in [0.15, 0.2) is 25.1 Å². The largest absolute Gasteiger partial charge is 0.438 e. The molecular weight excluding hydrogens is 314 g/mol. The maximum Gasteiger partial charge on any atom is 0.204 e. The first-order chi connectivity index (χ1) is 8.25. The van der Waals surface area contributed by atoms with Crippen molar-refractivity contribution in [2.75, 3.05) is 18.0 Å². The van der Waals surface area contributed by atoms with Crippen LogP contribution >= 0.6 is 27.3 Å². The maximum atomic E-state index is 12.0. The molecule has 0 aliphatic carbocycles. The maximum absolute atomic E-state index is 12.0. The lowest BCUT2D eigenvalue weighted by molar-refractivity contribution is 0.512. The molecule has 1 saturated heterocycles. The molecule has 1 fully saturated rings. The first-order valence-electron chi connectivity index (χ1n) is 5.71. The van der Waals surface area contributed by atoms with Crippen LogP contribution in [0.1, 0.15) is 26.7 Å². The Morgan fingerprint density at radius 2 is 2.00 bits per heavy atom. The number of hydrogen-bond acceptors (Lipinski definition) is 4. The Kier molecular flexibility index (Phi) is 4.12. The molecule has 0 saturated carbocycles. The second-order valence-corrected chi connectivity index (χ2v) is 5.97. The smallest absolute Gasteiger partial charge is 0.204 e. The van der Waals surface area contributed by atoms with Crippen LogP contribution in [-0.2, 0) is 0 Å². The molecule has 0 radical (unpaired) electrons. The molecule has 2 aromatic heterocycles. The van der Waals surface area contributed by atoms with E-state index in [2.05, 4.69) is 20.8 Å². The van der Waals surface area contributed by atoms with Gasteiger partial charge in [-0.3, -0.25) is 4.79 Å². The summed E-state index contributed by atoms with van der Waals surface area (Å²) in [6.45, 7) is 1.96. The molecule has 5 heteroatoms. The molecule has 0 unspecified atom stereocenters. The van der Waals surface area contributed by atoms with E-state index in [4.69, 9.17) is 4.42 Å². The van der Waals surface area contributed by atoms with Crippen LogP contribution in [0.3, 0.4) is 0 Å². The van der Waals surface area contributed by atoms with Gasteiger partial charge in [0.15, 0.2) is 11.5 Å². The van der Waals surface area contributed by atoms with Crippen LogP contribution in [0, 0.1) is 0 Å². The summed E-state index contributed by atoms with van der Waals surface area (Å²) in [6, 6.07) is 1.62. The zero-order chi connectivity index (χ0) is 11.8. The van der Waals surface area contributed by atoms with Crippen molar-refractivity contribution in [3.05, 3.63) is 26.1 Å². The molecule has 3 heterocycles. The summed E-state index contributed by atoms with van der Waals surface area (Å²) < 4.78 is 7.40. The van der Waals surface area contributed by atoms with Crippen LogP contribution in [0.5, 0.6) is 0 Å². The van der Waals surface area contributed by atoms with E-state index in [-0.39, 0.29) is 12.9 Å². The van der Waals surface area contributed by atoms with E-state index in [0.717, 1.165) is 17.6 Å². The minimum atomic E-state index is 0. The van der Waals surface area contributed by atoms with Crippen molar-refractivity contribution in [3.8, 4) is 0 Å². The molecule has 0 N–H and O–H groups in total. The van der Waals surface area contributed by atoms with Crippen molar-refractivity contribution in [1.82, 2.24) is 0 Å². The third kappa shape index (κ3) is 2.34. The third-order valence-electron chi connectivity index (χ3n) is 3.06. The van der Waals surface area contributed by atoms with E-state index in [0.29, 0.717) is 16.2 Å². The van der Waals surface area contributed by atoms with Gasteiger partial charge in [-0.05, 0) is 35.2 Å². The van der Waals surface area contributed by atoms with E-state index < -0.39 is 0 Å². The predicted octanol–water partition coefficient (Wildman–Crippen LogP) is 4.24. The Hall–Kier alpha value is -0.810. The van der Waals surface area contributed by atoms with Gasteiger partial charge in [-0.1, -0.05) is 7.43 Å². The summed E-state index contributed by atoms with van der Waals surface area (Å²) >= 11 is 4.84. The summed E-state index contributed by atoms with van der Waals surface area (Å²) in [7, 11) is 0. The molecule has 0 bridgehead atoms. The number of piperidine rings is 1. The van der Waals surface area contributed by atoms with E-state index in [9.17, 15) is 4.79 Å². The van der Waals surface area contributed by atoms with Gasteiger partial charge < -0.3 is 9.32 Å². The van der Waals surface area contributed by atoms with Crippen molar-refractivity contribution < 1.29 is 4.42 Å². The monoisotopic (exact) mass is 329 g/mol. The predicted molar refractivity (Wildman–Crippen MR) is 80.9 cm³/mol. The summed E-state index contributed by atoms with van der Waals surface area (Å²) in [4.78, 5) is 14.1. The van der Waals surface area contributed by atoms with Crippen molar-refractivity contribution in [1.29, 1.82) is 0 Å². The molecule has 3 nitrogen and oxygen atoms in total. The lowest BCUT2D eigenvalue weighted by Gasteiger charge is -2.26. The fraction of sp³-hybridized carbons (Fsp3) is 0.462. The SMILES string of the molecule is C.O=c1cc(N2CCCCC2)oc2c(Br)csc12. The number of nitrogens with zero attached hydrogens (tertiary/aromatic N) is 1. The van der Waals surface area contributed by atoms with E-state index in [1.165, 1.54) is 30.6 Å². The van der Waals surface area contributed by atoms with Gasteiger partial charge in [-0.15, -0.1) is 11.3 Å². The van der Waals surface area contributed by atoms with Gasteiger partial charge in [-0.25, -0.2) is 0 Å². The van der Waals surface area contributed by atoms with Gasteiger partial charge in [0.2, 0.25) is 5.43 Å². The van der Waals surface area contributed by atoms with Crippen molar-refractivity contribution >= 4 is 43.4 Å². The van der Waals surface area contributed by atoms with E-state index >= 15 is 0 Å². The highest BCUT2D eigenvalue weighted by atomic mass is 79.9. The molecule has 0 amide bonds. The highest BCUT2D eigenvalue weighted by Gasteiger charge is 2.16. The minimum Gasteiger partial charge on any atom is -0.438 e. The molecule has 0 spiro atoms. The number of thiophene rings is 1. The first-order valence-corrected chi connectivity index (χ1v) is 7.39. The standard InChI is InChI=1S/C12H12BrNO2S.CH4/c13-8-7-17-12-9(15)6-10(16-11(8)12)14-4-2-1-3-5-14;/h6-7H,1-5H2;1H4. The van der Waals surface area contributed by atoms with Gasteiger partial charge in [0, 0.05) is 24.5 Å². The number of fused-ring (bicyclic) bond motifs is 1. The molecular formula is C13H16BrNO2S. The number of anilines is 1. The fourth-order valence-corrected chi connectivity index (χ4v) is 3.63. The van der Waals surface area contributed by atoms with Gasteiger partial charge >= 0.3 is 0 Å². The molecule has 0 atom stereocenters. The molecule has 1 aliphatic heterocycles. The number of halogens is 1. The highest BCUT2D eigenvalue weighted by Crippen LogP contribution is 2.31.